The smallest absolute Gasteiger partial charge is 0.242 e. The van der Waals surface area contributed by atoms with Crippen molar-refractivity contribution >= 4 is 27.3 Å². The number of nitrogens with one attached hydrogen (secondary N) is 1. The van der Waals surface area contributed by atoms with E-state index < -0.39 is 15.8 Å². The molecule has 0 amide bonds. The molecule has 1 aliphatic carbocycles. The second-order valence-corrected chi connectivity index (χ2v) is 7.03. The summed E-state index contributed by atoms with van der Waals surface area (Å²) >= 11 is 5.79. The molecule has 106 valence electrons. The molecule has 0 aliphatic heterocycles. The van der Waals surface area contributed by atoms with E-state index in [1.165, 1.54) is 0 Å². The Kier molecular flexibility index (Phi) is 4.03. The van der Waals surface area contributed by atoms with Gasteiger partial charge in [0.1, 0.15) is 10.7 Å². The Morgan fingerprint density at radius 1 is 1.42 bits per heavy atom. The predicted octanol–water partition coefficient (Wildman–Crippen LogP) is 2.53. The summed E-state index contributed by atoms with van der Waals surface area (Å²) in [5, 5.41) is -0.162. The molecule has 2 unspecified atom stereocenters. The van der Waals surface area contributed by atoms with Gasteiger partial charge in [0.25, 0.3) is 0 Å². The number of rotatable bonds is 3. The zero-order valence-electron chi connectivity index (χ0n) is 10.5. The molecule has 0 bridgehead atoms. The summed E-state index contributed by atoms with van der Waals surface area (Å²) in [7, 11) is -3.78. The van der Waals surface area contributed by atoms with Gasteiger partial charge in [0.05, 0.1) is 10.7 Å². The van der Waals surface area contributed by atoms with Crippen molar-refractivity contribution in [1.82, 2.24) is 4.72 Å². The second kappa shape index (κ2) is 5.26. The van der Waals surface area contributed by atoms with Gasteiger partial charge in [0.2, 0.25) is 10.0 Å². The summed E-state index contributed by atoms with van der Waals surface area (Å²) in [5.41, 5.74) is 5.16. The van der Waals surface area contributed by atoms with Crippen LogP contribution in [0.25, 0.3) is 0 Å². The second-order valence-electron chi connectivity index (χ2n) is 4.94. The standard InChI is InChI=1S/C12H16ClFN2O2S/c1-7-3-2-4-11(7)16-19(17,18)12-6-10(15)9(14)5-8(12)13/h5-7,11,16H,2-4,15H2,1H3. The highest BCUT2D eigenvalue weighted by Crippen LogP contribution is 2.29. The van der Waals surface area contributed by atoms with Gasteiger partial charge >= 0.3 is 0 Å². The van der Waals surface area contributed by atoms with E-state index in [2.05, 4.69) is 4.72 Å². The fourth-order valence-electron chi connectivity index (χ4n) is 2.33. The average Bonchev–Trinajstić information content (AvgIpc) is 2.69. The number of hydrogen-bond donors (Lipinski definition) is 2. The first-order valence-electron chi connectivity index (χ1n) is 6.08. The number of benzene rings is 1. The van der Waals surface area contributed by atoms with Crippen molar-refractivity contribution in [2.45, 2.75) is 37.1 Å². The van der Waals surface area contributed by atoms with E-state index in [0.29, 0.717) is 0 Å². The number of halogens is 2. The van der Waals surface area contributed by atoms with Gasteiger partial charge in [-0.2, -0.15) is 0 Å². The van der Waals surface area contributed by atoms with E-state index in [1.54, 1.807) is 0 Å². The molecule has 0 aromatic heterocycles. The largest absolute Gasteiger partial charge is 0.396 e. The first kappa shape index (κ1) is 14.6. The summed E-state index contributed by atoms with van der Waals surface area (Å²) in [5.74, 6) is -0.440. The quantitative estimate of drug-likeness (QED) is 0.843. The van der Waals surface area contributed by atoms with Crippen molar-refractivity contribution in [3.8, 4) is 0 Å². The zero-order chi connectivity index (χ0) is 14.2. The normalized spacial score (nSPS) is 23.7. The third-order valence-electron chi connectivity index (χ3n) is 3.51. The SMILES string of the molecule is CC1CCCC1NS(=O)(=O)c1cc(N)c(F)cc1Cl. The van der Waals surface area contributed by atoms with Gasteiger partial charge in [0, 0.05) is 6.04 Å². The van der Waals surface area contributed by atoms with E-state index in [4.69, 9.17) is 17.3 Å². The highest BCUT2D eigenvalue weighted by Gasteiger charge is 2.29. The van der Waals surface area contributed by atoms with Crippen molar-refractivity contribution in [2.75, 3.05) is 5.73 Å². The Morgan fingerprint density at radius 3 is 2.68 bits per heavy atom. The number of nitrogen functional groups attached to an aromatic ring is 1. The first-order valence-corrected chi connectivity index (χ1v) is 7.94. The number of sulfonamides is 1. The van der Waals surface area contributed by atoms with Gasteiger partial charge in [-0.25, -0.2) is 17.5 Å². The van der Waals surface area contributed by atoms with Crippen molar-refractivity contribution in [3.63, 3.8) is 0 Å². The number of anilines is 1. The van der Waals surface area contributed by atoms with E-state index >= 15 is 0 Å². The van der Waals surface area contributed by atoms with Crippen LogP contribution in [0.3, 0.4) is 0 Å². The number of nitrogens with two attached hydrogens (primary N) is 1. The maximum Gasteiger partial charge on any atom is 0.242 e. The van der Waals surface area contributed by atoms with Gasteiger partial charge in [-0.05, 0) is 30.9 Å². The van der Waals surface area contributed by atoms with Gasteiger partial charge in [-0.3, -0.25) is 0 Å². The molecule has 1 saturated carbocycles. The van der Waals surface area contributed by atoms with E-state index in [0.717, 1.165) is 31.4 Å². The summed E-state index contributed by atoms with van der Waals surface area (Å²) in [6.45, 7) is 2.00. The van der Waals surface area contributed by atoms with Crippen molar-refractivity contribution in [1.29, 1.82) is 0 Å². The van der Waals surface area contributed by atoms with Gasteiger partial charge in [-0.1, -0.05) is 24.9 Å². The molecule has 0 saturated heterocycles. The molecule has 1 aromatic carbocycles. The molecule has 1 aliphatic rings. The Labute approximate surface area is 117 Å². The van der Waals surface area contributed by atoms with Crippen LogP contribution in [0.15, 0.2) is 17.0 Å². The summed E-state index contributed by atoms with van der Waals surface area (Å²) in [4.78, 5) is -0.174. The van der Waals surface area contributed by atoms with Gasteiger partial charge < -0.3 is 5.73 Å². The van der Waals surface area contributed by atoms with Crippen LogP contribution in [0.2, 0.25) is 5.02 Å². The minimum atomic E-state index is -3.78. The molecule has 0 spiro atoms. The Bertz CT molecular complexity index is 592. The zero-order valence-corrected chi connectivity index (χ0v) is 12.1. The topological polar surface area (TPSA) is 72.2 Å². The molecule has 19 heavy (non-hydrogen) atoms. The van der Waals surface area contributed by atoms with Crippen LogP contribution in [0.1, 0.15) is 26.2 Å². The van der Waals surface area contributed by atoms with Crippen molar-refractivity contribution < 1.29 is 12.8 Å². The van der Waals surface area contributed by atoms with Crippen LogP contribution in [-0.4, -0.2) is 14.5 Å². The molecule has 7 heteroatoms. The maximum absolute atomic E-state index is 13.2. The number of hydrogen-bond acceptors (Lipinski definition) is 3. The van der Waals surface area contributed by atoms with Gasteiger partial charge in [-0.15, -0.1) is 0 Å². The lowest BCUT2D eigenvalue weighted by Gasteiger charge is -2.18. The molecule has 2 atom stereocenters. The third-order valence-corrected chi connectivity index (χ3v) is 5.46. The summed E-state index contributed by atoms with van der Waals surface area (Å²) in [6.07, 6.45) is 2.79. The van der Waals surface area contributed by atoms with Crippen LogP contribution in [-0.2, 0) is 10.0 Å². The molecule has 1 aromatic rings. The van der Waals surface area contributed by atoms with Crippen LogP contribution < -0.4 is 10.5 Å². The molecular weight excluding hydrogens is 291 g/mol. The third kappa shape index (κ3) is 3.01. The lowest BCUT2D eigenvalue weighted by Crippen LogP contribution is -2.36. The fourth-order valence-corrected chi connectivity index (χ4v) is 4.26. The minimum Gasteiger partial charge on any atom is -0.396 e. The highest BCUT2D eigenvalue weighted by molar-refractivity contribution is 7.89. The molecular formula is C12H16ClFN2O2S. The molecule has 1 fully saturated rings. The highest BCUT2D eigenvalue weighted by atomic mass is 35.5. The molecule has 0 heterocycles. The lowest BCUT2D eigenvalue weighted by atomic mass is 10.1. The van der Waals surface area contributed by atoms with Gasteiger partial charge in [0.15, 0.2) is 0 Å². The lowest BCUT2D eigenvalue weighted by molar-refractivity contribution is 0.476. The molecule has 3 N–H and O–H groups in total. The van der Waals surface area contributed by atoms with E-state index in [9.17, 15) is 12.8 Å². The van der Waals surface area contributed by atoms with Crippen LogP contribution in [0.4, 0.5) is 10.1 Å². The summed E-state index contributed by atoms with van der Waals surface area (Å²) in [6, 6.07) is 1.87. The molecule has 2 rings (SSSR count). The fraction of sp³-hybridized carbons (Fsp3) is 0.500. The van der Waals surface area contributed by atoms with Crippen LogP contribution in [0, 0.1) is 11.7 Å². The molecule has 0 radical (unpaired) electrons. The van der Waals surface area contributed by atoms with Crippen molar-refractivity contribution in [2.24, 2.45) is 5.92 Å². The predicted molar refractivity (Wildman–Crippen MR) is 72.9 cm³/mol. The molecule has 4 nitrogen and oxygen atoms in total. The average molecular weight is 307 g/mol. The van der Waals surface area contributed by atoms with E-state index in [-0.39, 0.29) is 27.6 Å². The van der Waals surface area contributed by atoms with Crippen molar-refractivity contribution in [3.05, 3.63) is 23.0 Å². The van der Waals surface area contributed by atoms with E-state index in [1.807, 2.05) is 6.92 Å². The summed E-state index contributed by atoms with van der Waals surface area (Å²) < 4.78 is 40.3. The first-order chi connectivity index (χ1) is 8.81. The Balaban J connectivity index is 2.32. The Morgan fingerprint density at radius 2 is 2.11 bits per heavy atom. The van der Waals surface area contributed by atoms with Crippen LogP contribution in [0.5, 0.6) is 0 Å². The maximum atomic E-state index is 13.2. The van der Waals surface area contributed by atoms with Crippen LogP contribution >= 0.6 is 11.6 Å². The Hall–Kier alpha value is -0.850. The minimum absolute atomic E-state index is 0.104. The monoisotopic (exact) mass is 306 g/mol.